The van der Waals surface area contributed by atoms with Crippen LogP contribution in [0, 0.1) is 0 Å². The fourth-order valence-corrected chi connectivity index (χ4v) is 2.50. The van der Waals surface area contributed by atoms with E-state index in [1.807, 2.05) is 12.3 Å². The van der Waals surface area contributed by atoms with Gasteiger partial charge in [0.05, 0.1) is 17.1 Å². The number of nitrogens with zero attached hydrogens (tertiary/aromatic N) is 3. The molecule has 0 amide bonds. The lowest BCUT2D eigenvalue weighted by molar-refractivity contribution is 0.502. The third-order valence-electron chi connectivity index (χ3n) is 2.28. The summed E-state index contributed by atoms with van der Waals surface area (Å²) in [6, 6.07) is 4.30. The summed E-state index contributed by atoms with van der Waals surface area (Å²) < 4.78 is 2.64. The Kier molecular flexibility index (Phi) is 3.93. The van der Waals surface area contributed by atoms with Gasteiger partial charge >= 0.3 is 0 Å². The van der Waals surface area contributed by atoms with E-state index in [0.29, 0.717) is 6.04 Å². The molecule has 86 valence electrons. The summed E-state index contributed by atoms with van der Waals surface area (Å²) in [6.45, 7) is 3.81. The van der Waals surface area contributed by atoms with Gasteiger partial charge in [-0.2, -0.15) is 0 Å². The van der Waals surface area contributed by atoms with E-state index in [-0.39, 0.29) is 0 Å². The summed E-state index contributed by atoms with van der Waals surface area (Å²) in [4.78, 5) is 1.25. The van der Waals surface area contributed by atoms with Crippen LogP contribution in [0.5, 0.6) is 0 Å². The highest BCUT2D eigenvalue weighted by Gasteiger charge is 2.06. The quantitative estimate of drug-likeness (QED) is 0.893. The van der Waals surface area contributed by atoms with Crippen molar-refractivity contribution in [2.75, 3.05) is 6.54 Å². The van der Waals surface area contributed by atoms with E-state index < -0.39 is 0 Å². The van der Waals surface area contributed by atoms with E-state index in [2.05, 4.69) is 28.6 Å². The van der Waals surface area contributed by atoms with Gasteiger partial charge in [0.2, 0.25) is 0 Å². The maximum absolute atomic E-state index is 5.89. The minimum Gasteiger partial charge on any atom is -0.308 e. The van der Waals surface area contributed by atoms with Crippen molar-refractivity contribution in [3.8, 4) is 0 Å². The lowest BCUT2D eigenvalue weighted by atomic mass is 10.3. The van der Waals surface area contributed by atoms with Gasteiger partial charge in [0.25, 0.3) is 0 Å². The molecule has 0 fully saturated rings. The highest BCUT2D eigenvalue weighted by Crippen LogP contribution is 2.26. The first-order chi connectivity index (χ1) is 7.75. The number of aromatic nitrogens is 3. The third kappa shape index (κ3) is 3.04. The summed E-state index contributed by atoms with van der Waals surface area (Å²) >= 11 is 7.50. The van der Waals surface area contributed by atoms with Gasteiger partial charge in [-0.3, -0.25) is 4.68 Å². The van der Waals surface area contributed by atoms with E-state index in [0.717, 1.165) is 17.4 Å². The molecule has 2 aromatic heterocycles. The van der Waals surface area contributed by atoms with Crippen molar-refractivity contribution in [3.05, 3.63) is 33.7 Å². The molecule has 0 aliphatic carbocycles. The monoisotopic (exact) mass is 256 g/mol. The van der Waals surface area contributed by atoms with Crippen molar-refractivity contribution in [2.24, 2.45) is 0 Å². The number of halogens is 1. The second kappa shape index (κ2) is 5.43. The highest BCUT2D eigenvalue weighted by molar-refractivity contribution is 7.16. The largest absolute Gasteiger partial charge is 0.308 e. The predicted octanol–water partition coefficient (Wildman–Crippen LogP) is 2.34. The fourth-order valence-electron chi connectivity index (χ4n) is 1.41. The number of thiophene rings is 1. The van der Waals surface area contributed by atoms with Gasteiger partial charge in [-0.15, -0.1) is 16.4 Å². The van der Waals surface area contributed by atoms with E-state index >= 15 is 0 Å². The zero-order chi connectivity index (χ0) is 11.4. The van der Waals surface area contributed by atoms with Crippen LogP contribution in [0.25, 0.3) is 0 Å². The standard InChI is InChI=1S/C10H13ClN4S/c1-8(9-2-3-10(11)16-9)12-4-6-15-7-5-13-14-15/h2-3,5,7-8,12H,4,6H2,1H3. The van der Waals surface area contributed by atoms with E-state index in [9.17, 15) is 0 Å². The Morgan fingerprint density at radius 2 is 2.44 bits per heavy atom. The molecule has 16 heavy (non-hydrogen) atoms. The molecule has 2 heterocycles. The lowest BCUT2D eigenvalue weighted by Crippen LogP contribution is -2.23. The maximum atomic E-state index is 5.89. The molecule has 1 unspecified atom stereocenters. The third-order valence-corrected chi connectivity index (χ3v) is 3.70. The van der Waals surface area contributed by atoms with Crippen LogP contribution in [-0.4, -0.2) is 21.5 Å². The smallest absolute Gasteiger partial charge is 0.0931 e. The summed E-state index contributed by atoms with van der Waals surface area (Å²) in [5.74, 6) is 0. The SMILES string of the molecule is CC(NCCn1ccnn1)c1ccc(Cl)s1. The van der Waals surface area contributed by atoms with Crippen LogP contribution in [0.2, 0.25) is 4.34 Å². The lowest BCUT2D eigenvalue weighted by Gasteiger charge is -2.11. The summed E-state index contributed by atoms with van der Waals surface area (Å²) in [6.07, 6.45) is 3.54. The summed E-state index contributed by atoms with van der Waals surface area (Å²) in [5, 5.41) is 11.1. The molecule has 2 rings (SSSR count). The van der Waals surface area contributed by atoms with Crippen LogP contribution in [0.4, 0.5) is 0 Å². The topological polar surface area (TPSA) is 42.7 Å². The first-order valence-electron chi connectivity index (χ1n) is 5.08. The normalized spacial score (nSPS) is 12.9. The number of rotatable bonds is 5. The molecule has 0 radical (unpaired) electrons. The molecular weight excluding hydrogens is 244 g/mol. The van der Waals surface area contributed by atoms with Gasteiger partial charge in [-0.25, -0.2) is 0 Å². The van der Waals surface area contributed by atoms with Gasteiger partial charge in [-0.05, 0) is 19.1 Å². The minimum absolute atomic E-state index is 0.320. The van der Waals surface area contributed by atoms with Crippen LogP contribution in [0.3, 0.4) is 0 Å². The minimum atomic E-state index is 0.320. The first kappa shape index (κ1) is 11.6. The molecule has 1 N–H and O–H groups in total. The molecule has 0 spiro atoms. The van der Waals surface area contributed by atoms with Crippen molar-refractivity contribution in [1.82, 2.24) is 20.3 Å². The average Bonchev–Trinajstić information content (AvgIpc) is 2.89. The number of nitrogens with one attached hydrogen (secondary N) is 1. The second-order valence-electron chi connectivity index (χ2n) is 3.48. The fraction of sp³-hybridized carbons (Fsp3) is 0.400. The average molecular weight is 257 g/mol. The highest BCUT2D eigenvalue weighted by atomic mass is 35.5. The zero-order valence-electron chi connectivity index (χ0n) is 8.93. The first-order valence-corrected chi connectivity index (χ1v) is 6.28. The Labute approximate surface area is 103 Å². The Hall–Kier alpha value is -0.910. The molecule has 0 aliphatic rings. The number of hydrogen-bond acceptors (Lipinski definition) is 4. The van der Waals surface area contributed by atoms with Gasteiger partial charge in [0.15, 0.2) is 0 Å². The van der Waals surface area contributed by atoms with E-state index in [1.54, 1.807) is 22.2 Å². The van der Waals surface area contributed by atoms with Gasteiger partial charge in [0.1, 0.15) is 0 Å². The Morgan fingerprint density at radius 1 is 1.56 bits per heavy atom. The molecular formula is C10H13ClN4S. The molecule has 6 heteroatoms. The summed E-state index contributed by atoms with van der Waals surface area (Å²) in [7, 11) is 0. The van der Waals surface area contributed by atoms with Crippen LogP contribution >= 0.6 is 22.9 Å². The van der Waals surface area contributed by atoms with Gasteiger partial charge < -0.3 is 5.32 Å². The molecule has 4 nitrogen and oxygen atoms in total. The molecule has 0 saturated heterocycles. The summed E-state index contributed by atoms with van der Waals surface area (Å²) in [5.41, 5.74) is 0. The van der Waals surface area contributed by atoms with Crippen LogP contribution in [0.1, 0.15) is 17.8 Å². The predicted molar refractivity (Wildman–Crippen MR) is 65.8 cm³/mol. The molecule has 1 atom stereocenters. The van der Waals surface area contributed by atoms with Crippen LogP contribution in [-0.2, 0) is 6.54 Å². The van der Waals surface area contributed by atoms with Crippen molar-refractivity contribution in [2.45, 2.75) is 19.5 Å². The maximum Gasteiger partial charge on any atom is 0.0931 e. The van der Waals surface area contributed by atoms with Crippen molar-refractivity contribution in [1.29, 1.82) is 0 Å². The zero-order valence-corrected chi connectivity index (χ0v) is 10.5. The van der Waals surface area contributed by atoms with E-state index in [4.69, 9.17) is 11.6 Å². The van der Waals surface area contributed by atoms with E-state index in [1.165, 1.54) is 4.88 Å². The Balaban J connectivity index is 1.78. The van der Waals surface area contributed by atoms with Crippen molar-refractivity contribution in [3.63, 3.8) is 0 Å². The van der Waals surface area contributed by atoms with Crippen molar-refractivity contribution >= 4 is 22.9 Å². The Morgan fingerprint density at radius 3 is 3.06 bits per heavy atom. The van der Waals surface area contributed by atoms with Gasteiger partial charge in [0, 0.05) is 23.7 Å². The van der Waals surface area contributed by atoms with Crippen LogP contribution < -0.4 is 5.32 Å². The molecule has 0 saturated carbocycles. The van der Waals surface area contributed by atoms with Gasteiger partial charge in [-0.1, -0.05) is 16.8 Å². The van der Waals surface area contributed by atoms with Crippen LogP contribution in [0.15, 0.2) is 24.5 Å². The van der Waals surface area contributed by atoms with Crippen molar-refractivity contribution < 1.29 is 0 Å². The Bertz CT molecular complexity index is 426. The molecule has 0 aromatic carbocycles. The number of hydrogen-bond donors (Lipinski definition) is 1. The second-order valence-corrected chi connectivity index (χ2v) is 5.23. The molecule has 2 aromatic rings. The molecule has 0 aliphatic heterocycles. The molecule has 0 bridgehead atoms.